The van der Waals surface area contributed by atoms with Gasteiger partial charge < -0.3 is 9.88 Å². The van der Waals surface area contributed by atoms with E-state index in [-0.39, 0.29) is 10.9 Å². The molecule has 3 aromatic rings. The zero-order chi connectivity index (χ0) is 19.1. The zero-order valence-electron chi connectivity index (χ0n) is 15.5. The van der Waals surface area contributed by atoms with Crippen molar-refractivity contribution in [3.8, 4) is 11.3 Å². The highest BCUT2D eigenvalue weighted by Crippen LogP contribution is 2.30. The van der Waals surface area contributed by atoms with Crippen LogP contribution in [0.2, 0.25) is 0 Å². The normalized spacial score (nSPS) is 17.0. The van der Waals surface area contributed by atoms with E-state index in [2.05, 4.69) is 28.9 Å². The molecule has 4 rings (SSSR count). The number of aromatic amines is 1. The van der Waals surface area contributed by atoms with Gasteiger partial charge in [-0.15, -0.1) is 0 Å². The van der Waals surface area contributed by atoms with Crippen LogP contribution in [0.4, 0.5) is 14.5 Å². The standard InChI is InChI=1S/C22H22F2N2O/c1-3-16-5-4-10-26(16)17-8-6-14(7-9-17)21-13(2)22(27)20-18(24)11-15(23)12-19(20)25-21/h6-9,11-12,16H,3-5,10H2,1-2H3,(H,25,27)/t16-/m1/s1. The van der Waals surface area contributed by atoms with Crippen molar-refractivity contribution in [1.29, 1.82) is 0 Å². The summed E-state index contributed by atoms with van der Waals surface area (Å²) in [5.41, 5.74) is 2.78. The number of H-pyrrole nitrogens is 1. The topological polar surface area (TPSA) is 36.1 Å². The molecule has 0 amide bonds. The van der Waals surface area contributed by atoms with Crippen LogP contribution in [0.1, 0.15) is 31.7 Å². The van der Waals surface area contributed by atoms with Gasteiger partial charge in [0.25, 0.3) is 0 Å². The molecular formula is C22H22F2N2O. The molecule has 1 aromatic heterocycles. The summed E-state index contributed by atoms with van der Waals surface area (Å²) in [4.78, 5) is 18.1. The van der Waals surface area contributed by atoms with E-state index in [4.69, 9.17) is 0 Å². The molecule has 0 saturated carbocycles. The molecular weight excluding hydrogens is 346 g/mol. The second-order valence-electron chi connectivity index (χ2n) is 7.21. The molecule has 0 unspecified atom stereocenters. The molecule has 0 radical (unpaired) electrons. The third-order valence-electron chi connectivity index (χ3n) is 5.59. The van der Waals surface area contributed by atoms with Gasteiger partial charge in [-0.3, -0.25) is 4.79 Å². The lowest BCUT2D eigenvalue weighted by Gasteiger charge is -2.26. The van der Waals surface area contributed by atoms with Gasteiger partial charge in [-0.05, 0) is 49.9 Å². The lowest BCUT2D eigenvalue weighted by Crippen LogP contribution is -2.28. The van der Waals surface area contributed by atoms with Gasteiger partial charge in [0.1, 0.15) is 11.6 Å². The maximum Gasteiger partial charge on any atom is 0.195 e. The van der Waals surface area contributed by atoms with Crippen molar-refractivity contribution in [3.05, 3.63) is 63.8 Å². The van der Waals surface area contributed by atoms with Crippen LogP contribution in [0.25, 0.3) is 22.2 Å². The van der Waals surface area contributed by atoms with Gasteiger partial charge >= 0.3 is 0 Å². The van der Waals surface area contributed by atoms with E-state index in [1.54, 1.807) is 6.92 Å². The maximum absolute atomic E-state index is 14.1. The quantitative estimate of drug-likeness (QED) is 0.693. The number of nitrogens with one attached hydrogen (secondary N) is 1. The molecule has 3 nitrogen and oxygen atoms in total. The first kappa shape index (κ1) is 17.7. The number of hydrogen-bond donors (Lipinski definition) is 1. The average Bonchev–Trinajstić information content (AvgIpc) is 3.13. The summed E-state index contributed by atoms with van der Waals surface area (Å²) in [6, 6.07) is 10.5. The van der Waals surface area contributed by atoms with E-state index < -0.39 is 17.1 Å². The first-order valence-corrected chi connectivity index (χ1v) is 9.38. The first-order chi connectivity index (χ1) is 13.0. The Bertz CT molecular complexity index is 1060. The van der Waals surface area contributed by atoms with Crippen LogP contribution in [-0.4, -0.2) is 17.6 Å². The molecule has 1 aliphatic rings. The van der Waals surface area contributed by atoms with Gasteiger partial charge in [0.15, 0.2) is 5.43 Å². The Balaban J connectivity index is 1.78. The Morgan fingerprint density at radius 2 is 1.93 bits per heavy atom. The molecule has 2 heterocycles. The second kappa shape index (κ2) is 6.80. The number of anilines is 1. The Kier molecular flexibility index (Phi) is 4.46. The number of fused-ring (bicyclic) bond motifs is 1. The van der Waals surface area contributed by atoms with E-state index >= 15 is 0 Å². The first-order valence-electron chi connectivity index (χ1n) is 9.38. The minimum atomic E-state index is -0.837. The molecule has 27 heavy (non-hydrogen) atoms. The van der Waals surface area contributed by atoms with Crippen LogP contribution < -0.4 is 10.3 Å². The number of benzene rings is 2. The summed E-state index contributed by atoms with van der Waals surface area (Å²) >= 11 is 0. The smallest absolute Gasteiger partial charge is 0.195 e. The monoisotopic (exact) mass is 368 g/mol. The van der Waals surface area contributed by atoms with Crippen LogP contribution in [0.5, 0.6) is 0 Å². The van der Waals surface area contributed by atoms with Crippen molar-refractivity contribution in [2.45, 2.75) is 39.2 Å². The van der Waals surface area contributed by atoms with Crippen molar-refractivity contribution in [3.63, 3.8) is 0 Å². The van der Waals surface area contributed by atoms with Gasteiger partial charge in [0, 0.05) is 29.9 Å². The molecule has 5 heteroatoms. The highest BCUT2D eigenvalue weighted by Gasteiger charge is 2.23. The van der Waals surface area contributed by atoms with Gasteiger partial charge in [-0.2, -0.15) is 0 Å². The number of halogens is 2. The van der Waals surface area contributed by atoms with Crippen LogP contribution in [0, 0.1) is 18.6 Å². The number of rotatable bonds is 3. The van der Waals surface area contributed by atoms with Crippen molar-refractivity contribution in [2.24, 2.45) is 0 Å². The predicted molar refractivity (Wildman–Crippen MR) is 105 cm³/mol. The highest BCUT2D eigenvalue weighted by atomic mass is 19.1. The molecule has 0 spiro atoms. The largest absolute Gasteiger partial charge is 0.369 e. The number of nitrogens with zero attached hydrogens (tertiary/aromatic N) is 1. The summed E-state index contributed by atoms with van der Waals surface area (Å²) in [5, 5.41) is -0.0999. The lowest BCUT2D eigenvalue weighted by molar-refractivity contribution is 0.591. The molecule has 1 fully saturated rings. The van der Waals surface area contributed by atoms with Crippen molar-refractivity contribution in [1.82, 2.24) is 4.98 Å². The Morgan fingerprint density at radius 3 is 2.63 bits per heavy atom. The Hall–Kier alpha value is -2.69. The molecule has 0 aliphatic carbocycles. The molecule has 140 valence electrons. The van der Waals surface area contributed by atoms with Crippen molar-refractivity contribution < 1.29 is 8.78 Å². The molecule has 1 saturated heterocycles. The summed E-state index contributed by atoms with van der Waals surface area (Å²) in [5.74, 6) is -1.55. The summed E-state index contributed by atoms with van der Waals surface area (Å²) in [7, 11) is 0. The van der Waals surface area contributed by atoms with E-state index in [0.717, 1.165) is 30.7 Å². The second-order valence-corrected chi connectivity index (χ2v) is 7.21. The number of pyridine rings is 1. The van der Waals surface area contributed by atoms with Gasteiger partial charge in [0.05, 0.1) is 16.6 Å². The SMILES string of the molecule is CC[C@@H]1CCCN1c1ccc(-c2[nH]c3cc(F)cc(F)c3c(=O)c2C)cc1. The summed E-state index contributed by atoms with van der Waals surface area (Å²) in [6.07, 6.45) is 3.54. The fourth-order valence-electron chi connectivity index (χ4n) is 4.14. The number of hydrogen-bond acceptors (Lipinski definition) is 2. The van der Waals surface area contributed by atoms with Crippen molar-refractivity contribution in [2.75, 3.05) is 11.4 Å². The Morgan fingerprint density at radius 1 is 1.19 bits per heavy atom. The molecule has 1 N–H and O–H groups in total. The van der Waals surface area contributed by atoms with E-state index in [1.165, 1.54) is 18.5 Å². The van der Waals surface area contributed by atoms with Crippen LogP contribution in [0.15, 0.2) is 41.2 Å². The van der Waals surface area contributed by atoms with Gasteiger partial charge in [-0.25, -0.2) is 8.78 Å². The third kappa shape index (κ3) is 3.01. The summed E-state index contributed by atoms with van der Waals surface area (Å²) in [6.45, 7) is 4.93. The fraction of sp³-hybridized carbons (Fsp3) is 0.318. The van der Waals surface area contributed by atoms with Crippen LogP contribution in [-0.2, 0) is 0 Å². The van der Waals surface area contributed by atoms with E-state index in [9.17, 15) is 13.6 Å². The predicted octanol–water partition coefficient (Wildman–Crippen LogP) is 5.16. The van der Waals surface area contributed by atoms with Crippen molar-refractivity contribution >= 4 is 16.6 Å². The maximum atomic E-state index is 14.1. The average molecular weight is 368 g/mol. The van der Waals surface area contributed by atoms with E-state index in [0.29, 0.717) is 17.3 Å². The van der Waals surface area contributed by atoms with E-state index in [1.807, 2.05) is 12.1 Å². The fourth-order valence-corrected chi connectivity index (χ4v) is 4.14. The Labute approximate surface area is 156 Å². The molecule has 1 atom stereocenters. The molecule has 1 aliphatic heterocycles. The van der Waals surface area contributed by atoms with Crippen LogP contribution >= 0.6 is 0 Å². The summed E-state index contributed by atoms with van der Waals surface area (Å²) < 4.78 is 27.6. The van der Waals surface area contributed by atoms with Gasteiger partial charge in [-0.1, -0.05) is 19.1 Å². The highest BCUT2D eigenvalue weighted by molar-refractivity contribution is 5.84. The molecule has 0 bridgehead atoms. The lowest BCUT2D eigenvalue weighted by atomic mass is 10.0. The van der Waals surface area contributed by atoms with Crippen LogP contribution in [0.3, 0.4) is 0 Å². The minimum Gasteiger partial charge on any atom is -0.369 e. The minimum absolute atomic E-state index is 0.0999. The number of aromatic nitrogens is 1. The zero-order valence-corrected chi connectivity index (χ0v) is 15.5. The van der Waals surface area contributed by atoms with Gasteiger partial charge in [0.2, 0.25) is 0 Å². The molecule has 2 aromatic carbocycles. The third-order valence-corrected chi connectivity index (χ3v) is 5.59.